The predicted molar refractivity (Wildman–Crippen MR) is 50.0 cm³/mol. The molecule has 2 unspecified atom stereocenters. The van der Waals surface area contributed by atoms with Crippen LogP contribution in [-0.4, -0.2) is 43.7 Å². The third-order valence-electron chi connectivity index (χ3n) is 2.37. The molecule has 0 radical (unpaired) electrons. The monoisotopic (exact) mass is 203 g/mol. The maximum absolute atomic E-state index is 11.0. The molecule has 1 rings (SSSR count). The van der Waals surface area contributed by atoms with Gasteiger partial charge in [0, 0.05) is 19.1 Å². The highest BCUT2D eigenvalue weighted by Crippen LogP contribution is 2.19. The lowest BCUT2D eigenvalue weighted by molar-refractivity contribution is 0.0999. The number of hydrogen-bond donors (Lipinski definition) is 2. The van der Waals surface area contributed by atoms with Gasteiger partial charge in [0.25, 0.3) is 0 Å². The second-order valence-electron chi connectivity index (χ2n) is 3.37. The summed E-state index contributed by atoms with van der Waals surface area (Å²) in [6.07, 6.45) is 0.702. The maximum Gasteiger partial charge on any atom is 0.407 e. The summed E-state index contributed by atoms with van der Waals surface area (Å²) in [4.78, 5) is 11.0. The number of ether oxygens (including phenoxy) is 2. The van der Waals surface area contributed by atoms with E-state index in [1.165, 1.54) is 0 Å². The van der Waals surface area contributed by atoms with Crippen LogP contribution in [0.5, 0.6) is 0 Å². The third-order valence-corrected chi connectivity index (χ3v) is 2.37. The Bertz CT molecular complexity index is 186. The van der Waals surface area contributed by atoms with Crippen LogP contribution in [0.15, 0.2) is 0 Å². The van der Waals surface area contributed by atoms with Crippen molar-refractivity contribution in [2.45, 2.75) is 19.4 Å². The molecule has 1 saturated heterocycles. The second-order valence-corrected chi connectivity index (χ2v) is 3.37. The molecule has 0 aromatic heterocycles. The third kappa shape index (κ3) is 3.51. The Hall–Kier alpha value is -0.810. The molecule has 5 heteroatoms. The molecule has 0 saturated carbocycles. The van der Waals surface area contributed by atoms with Crippen molar-refractivity contribution in [3.8, 4) is 0 Å². The summed E-state index contributed by atoms with van der Waals surface area (Å²) in [6, 6.07) is 0. The van der Waals surface area contributed by atoms with Gasteiger partial charge in [-0.3, -0.25) is 0 Å². The Morgan fingerprint density at radius 3 is 3.07 bits per heavy atom. The molecule has 0 spiro atoms. The van der Waals surface area contributed by atoms with Gasteiger partial charge in [-0.25, -0.2) is 4.79 Å². The van der Waals surface area contributed by atoms with Crippen molar-refractivity contribution in [2.75, 3.05) is 26.4 Å². The van der Waals surface area contributed by atoms with Crippen LogP contribution < -0.4 is 5.32 Å². The summed E-state index contributed by atoms with van der Waals surface area (Å²) in [5.74, 6) is 0.372. The molecule has 1 aliphatic heterocycles. The molecule has 5 nitrogen and oxygen atoms in total. The minimum Gasteiger partial charge on any atom is -0.447 e. The molecule has 0 aromatic rings. The van der Waals surface area contributed by atoms with E-state index in [2.05, 4.69) is 10.1 Å². The summed E-state index contributed by atoms with van der Waals surface area (Å²) < 4.78 is 9.99. The summed E-state index contributed by atoms with van der Waals surface area (Å²) in [5.41, 5.74) is 0. The van der Waals surface area contributed by atoms with Gasteiger partial charge in [-0.15, -0.1) is 0 Å². The molecule has 1 heterocycles. The van der Waals surface area contributed by atoms with E-state index < -0.39 is 6.09 Å². The molecule has 1 aliphatic rings. The maximum atomic E-state index is 11.0. The van der Waals surface area contributed by atoms with Crippen LogP contribution in [0.3, 0.4) is 0 Å². The van der Waals surface area contributed by atoms with Crippen molar-refractivity contribution in [3.63, 3.8) is 0 Å². The van der Waals surface area contributed by atoms with Crippen LogP contribution in [0.4, 0.5) is 4.79 Å². The van der Waals surface area contributed by atoms with Crippen LogP contribution in [0.25, 0.3) is 0 Å². The Morgan fingerprint density at radius 1 is 1.71 bits per heavy atom. The first kappa shape index (κ1) is 11.3. The summed E-state index contributed by atoms with van der Waals surface area (Å²) in [6.45, 7) is 3.24. The number of rotatable bonds is 4. The lowest BCUT2D eigenvalue weighted by Crippen LogP contribution is -2.32. The predicted octanol–water partition coefficient (Wildman–Crippen LogP) is 0.130. The standard InChI is InChI=1S/C9H17NO4/c1-7-8(2-4-13-7)6-10-9(12)14-5-3-11/h7-8,11H,2-6H2,1H3,(H,10,12). The van der Waals surface area contributed by atoms with E-state index in [4.69, 9.17) is 9.84 Å². The van der Waals surface area contributed by atoms with Crippen molar-refractivity contribution in [1.82, 2.24) is 5.32 Å². The highest BCUT2D eigenvalue weighted by atomic mass is 16.6. The minimum atomic E-state index is -0.474. The van der Waals surface area contributed by atoms with E-state index in [1.807, 2.05) is 6.92 Å². The lowest BCUT2D eigenvalue weighted by Gasteiger charge is -2.14. The number of carbonyl (C=O) groups is 1. The van der Waals surface area contributed by atoms with Crippen LogP contribution >= 0.6 is 0 Å². The number of alkyl carbamates (subject to hydrolysis) is 1. The number of nitrogens with one attached hydrogen (secondary N) is 1. The van der Waals surface area contributed by atoms with Gasteiger partial charge in [0.15, 0.2) is 0 Å². The van der Waals surface area contributed by atoms with E-state index in [1.54, 1.807) is 0 Å². The zero-order chi connectivity index (χ0) is 10.4. The molecule has 0 aromatic carbocycles. The Kier molecular flexibility index (Phi) is 4.69. The molecular weight excluding hydrogens is 186 g/mol. The largest absolute Gasteiger partial charge is 0.447 e. The Morgan fingerprint density at radius 2 is 2.50 bits per heavy atom. The fourth-order valence-electron chi connectivity index (χ4n) is 1.45. The van der Waals surface area contributed by atoms with E-state index in [0.717, 1.165) is 13.0 Å². The quantitative estimate of drug-likeness (QED) is 0.681. The van der Waals surface area contributed by atoms with Gasteiger partial charge >= 0.3 is 6.09 Å². The average Bonchev–Trinajstić information content (AvgIpc) is 2.58. The van der Waals surface area contributed by atoms with Gasteiger partial charge in [-0.2, -0.15) is 0 Å². The Labute approximate surface area is 83.4 Å². The lowest BCUT2D eigenvalue weighted by atomic mass is 10.0. The van der Waals surface area contributed by atoms with Gasteiger partial charge in [-0.1, -0.05) is 0 Å². The van der Waals surface area contributed by atoms with Crippen molar-refractivity contribution < 1.29 is 19.4 Å². The fourth-order valence-corrected chi connectivity index (χ4v) is 1.45. The number of carbonyl (C=O) groups excluding carboxylic acids is 1. The molecule has 0 aliphatic carbocycles. The minimum absolute atomic E-state index is 0.0442. The summed E-state index contributed by atoms with van der Waals surface area (Å²) in [7, 11) is 0. The summed E-state index contributed by atoms with van der Waals surface area (Å²) in [5, 5.41) is 11.0. The number of aliphatic hydroxyl groups is 1. The number of amides is 1. The molecule has 1 amide bonds. The van der Waals surface area contributed by atoms with Crippen LogP contribution in [0.2, 0.25) is 0 Å². The van der Waals surface area contributed by atoms with E-state index >= 15 is 0 Å². The van der Waals surface area contributed by atoms with Crippen LogP contribution in [0.1, 0.15) is 13.3 Å². The first-order valence-electron chi connectivity index (χ1n) is 4.87. The molecule has 82 valence electrons. The smallest absolute Gasteiger partial charge is 0.407 e. The zero-order valence-corrected chi connectivity index (χ0v) is 8.36. The van der Waals surface area contributed by atoms with Crippen LogP contribution in [0, 0.1) is 5.92 Å². The fraction of sp³-hybridized carbons (Fsp3) is 0.889. The highest BCUT2D eigenvalue weighted by molar-refractivity contribution is 5.67. The van der Waals surface area contributed by atoms with Gasteiger partial charge in [0.05, 0.1) is 12.7 Å². The van der Waals surface area contributed by atoms with Crippen molar-refractivity contribution in [1.29, 1.82) is 0 Å². The molecule has 1 fully saturated rings. The topological polar surface area (TPSA) is 67.8 Å². The van der Waals surface area contributed by atoms with Gasteiger partial charge in [0.2, 0.25) is 0 Å². The SMILES string of the molecule is CC1OCCC1CNC(=O)OCCO. The second kappa shape index (κ2) is 5.82. The first-order valence-corrected chi connectivity index (χ1v) is 4.87. The van der Waals surface area contributed by atoms with E-state index in [9.17, 15) is 4.79 Å². The summed E-state index contributed by atoms with van der Waals surface area (Å²) >= 11 is 0. The highest BCUT2D eigenvalue weighted by Gasteiger charge is 2.24. The number of aliphatic hydroxyl groups excluding tert-OH is 1. The van der Waals surface area contributed by atoms with Gasteiger partial charge < -0.3 is 19.9 Å². The Balaban J connectivity index is 2.10. The van der Waals surface area contributed by atoms with Gasteiger partial charge in [0.1, 0.15) is 6.61 Å². The zero-order valence-electron chi connectivity index (χ0n) is 8.36. The molecular formula is C9H17NO4. The molecule has 0 bridgehead atoms. The molecule has 2 atom stereocenters. The van der Waals surface area contributed by atoms with Crippen molar-refractivity contribution in [2.24, 2.45) is 5.92 Å². The van der Waals surface area contributed by atoms with Crippen LogP contribution in [-0.2, 0) is 9.47 Å². The first-order chi connectivity index (χ1) is 6.74. The van der Waals surface area contributed by atoms with Crippen molar-refractivity contribution in [3.05, 3.63) is 0 Å². The average molecular weight is 203 g/mol. The number of hydrogen-bond acceptors (Lipinski definition) is 4. The molecule has 2 N–H and O–H groups in total. The van der Waals surface area contributed by atoms with E-state index in [0.29, 0.717) is 12.5 Å². The normalized spacial score (nSPS) is 26.1. The van der Waals surface area contributed by atoms with Crippen molar-refractivity contribution >= 4 is 6.09 Å². The molecule has 14 heavy (non-hydrogen) atoms. The van der Waals surface area contributed by atoms with E-state index in [-0.39, 0.29) is 19.3 Å². The van der Waals surface area contributed by atoms with Gasteiger partial charge in [-0.05, 0) is 13.3 Å².